The molecule has 3 amide bonds. The number of amides is 3. The van der Waals surface area contributed by atoms with Crippen molar-refractivity contribution in [2.45, 2.75) is 58.0 Å². The van der Waals surface area contributed by atoms with Crippen molar-refractivity contribution in [1.82, 2.24) is 44.6 Å². The molecule has 9 rings (SSSR count). The molecule has 0 saturated carbocycles. The molecule has 0 spiro atoms. The van der Waals surface area contributed by atoms with Crippen LogP contribution in [0.4, 0.5) is 5.69 Å². The van der Waals surface area contributed by atoms with Gasteiger partial charge < -0.3 is 14.5 Å². The van der Waals surface area contributed by atoms with Crippen molar-refractivity contribution in [3.05, 3.63) is 129 Å². The topological polar surface area (TPSA) is 202 Å². The number of imide groups is 1. The van der Waals surface area contributed by atoms with Gasteiger partial charge in [0.25, 0.3) is 17.0 Å². The second-order valence-corrected chi connectivity index (χ2v) is 17.4. The molecular formula is C50H51N11O6. The normalized spacial score (nSPS) is 17.0. The van der Waals surface area contributed by atoms with Gasteiger partial charge >= 0.3 is 0 Å². The van der Waals surface area contributed by atoms with Crippen LogP contribution in [0.3, 0.4) is 0 Å². The standard InChI is InChI=1S/C50H51N11O6/c1-33-41-11-10-39(27-42(41)50(66)61(55-33)44-13-14-45(62)54-49(44)65)58-23-21-57(22-24-58)18-4-9-46(63)59-19-16-34(17-20-59)32-67-40-29-52-48(53-30-40)38-8-3-6-36(26-38)31-60-47(64)15-12-43(56-60)37-7-2-5-35(25-37)28-51/h2-3,5-8,10-12,15,25-27,29-30,34,44H,4,9,13-14,16-24,31-32H2,1H3,(H,54,62,65). The van der Waals surface area contributed by atoms with Gasteiger partial charge in [0, 0.05) is 80.4 Å². The van der Waals surface area contributed by atoms with Crippen molar-refractivity contribution in [2.24, 2.45) is 5.92 Å². The fourth-order valence-corrected chi connectivity index (χ4v) is 9.12. The maximum absolute atomic E-state index is 13.6. The summed E-state index contributed by atoms with van der Waals surface area (Å²) in [6.45, 7) is 8.09. The number of piperazine rings is 1. The summed E-state index contributed by atoms with van der Waals surface area (Å²) in [5.41, 5.74) is 4.54. The largest absolute Gasteiger partial charge is 0.490 e. The predicted octanol–water partition coefficient (Wildman–Crippen LogP) is 4.50. The molecule has 3 aromatic heterocycles. The summed E-state index contributed by atoms with van der Waals surface area (Å²) in [6, 6.07) is 25.1. The number of nitriles is 1. The van der Waals surface area contributed by atoms with Crippen molar-refractivity contribution in [3.63, 3.8) is 0 Å². The van der Waals surface area contributed by atoms with E-state index in [0.29, 0.717) is 65.9 Å². The molecule has 0 radical (unpaired) electrons. The Morgan fingerprint density at radius 1 is 0.836 bits per heavy atom. The second-order valence-electron chi connectivity index (χ2n) is 17.4. The Labute approximate surface area is 386 Å². The Hall–Kier alpha value is -7.58. The number of piperidine rings is 2. The van der Waals surface area contributed by atoms with Gasteiger partial charge in [0.15, 0.2) is 11.6 Å². The number of nitrogens with zero attached hydrogens (tertiary/aromatic N) is 10. The van der Waals surface area contributed by atoms with E-state index in [-0.39, 0.29) is 42.3 Å². The van der Waals surface area contributed by atoms with Gasteiger partial charge in [-0.2, -0.15) is 15.5 Å². The molecule has 3 aliphatic heterocycles. The van der Waals surface area contributed by atoms with Crippen molar-refractivity contribution < 1.29 is 19.1 Å². The Bertz CT molecular complexity index is 2980. The number of aryl methyl sites for hydroxylation is 1. The molecule has 6 aromatic rings. The van der Waals surface area contributed by atoms with E-state index in [1.165, 1.54) is 15.4 Å². The molecule has 6 heterocycles. The highest BCUT2D eigenvalue weighted by molar-refractivity contribution is 5.99. The Balaban J connectivity index is 0.696. The number of anilines is 1. The lowest BCUT2D eigenvalue weighted by Gasteiger charge is -2.36. The predicted molar refractivity (Wildman–Crippen MR) is 250 cm³/mol. The first-order valence-electron chi connectivity index (χ1n) is 22.8. The van der Waals surface area contributed by atoms with Crippen molar-refractivity contribution >= 4 is 34.2 Å². The van der Waals surface area contributed by atoms with E-state index in [1.54, 1.807) is 36.7 Å². The van der Waals surface area contributed by atoms with Crippen LogP contribution in [-0.4, -0.2) is 109 Å². The number of ether oxygens (including phenoxy) is 1. The van der Waals surface area contributed by atoms with Crippen LogP contribution in [0.2, 0.25) is 0 Å². The number of hydrogen-bond acceptors (Lipinski definition) is 13. The van der Waals surface area contributed by atoms with E-state index < -0.39 is 11.9 Å². The fourth-order valence-electron chi connectivity index (χ4n) is 9.12. The number of nitrogens with one attached hydrogen (secondary N) is 1. The first kappa shape index (κ1) is 44.6. The highest BCUT2D eigenvalue weighted by Crippen LogP contribution is 2.26. The SMILES string of the molecule is Cc1nn(C2CCC(=O)NC2=O)c(=O)c2cc(N3CCN(CCCC(=O)N4CCC(COc5cnc(-c6cccc(Cn7nc(-c8cccc(C#N)c8)ccc7=O)c6)nc5)CC4)CC3)ccc12. The highest BCUT2D eigenvalue weighted by atomic mass is 16.5. The molecule has 3 fully saturated rings. The summed E-state index contributed by atoms with van der Waals surface area (Å²) in [6.07, 6.45) is 6.77. The lowest BCUT2D eigenvalue weighted by atomic mass is 9.97. The van der Waals surface area contributed by atoms with Gasteiger partial charge in [-0.1, -0.05) is 36.4 Å². The highest BCUT2D eigenvalue weighted by Gasteiger charge is 2.31. The van der Waals surface area contributed by atoms with Crippen LogP contribution in [0.5, 0.6) is 5.75 Å². The molecule has 1 atom stereocenters. The number of hydrogen-bond donors (Lipinski definition) is 1. The van der Waals surface area contributed by atoms with E-state index in [9.17, 15) is 29.2 Å². The van der Waals surface area contributed by atoms with E-state index >= 15 is 0 Å². The molecule has 17 heteroatoms. The first-order valence-corrected chi connectivity index (χ1v) is 22.8. The third kappa shape index (κ3) is 10.3. The average molecular weight is 902 g/mol. The van der Waals surface area contributed by atoms with E-state index in [2.05, 4.69) is 41.4 Å². The molecule has 0 bridgehead atoms. The second kappa shape index (κ2) is 19.9. The van der Waals surface area contributed by atoms with Gasteiger partial charge in [0.2, 0.25) is 11.8 Å². The van der Waals surface area contributed by atoms with Crippen molar-refractivity contribution in [2.75, 3.05) is 57.3 Å². The molecule has 17 nitrogen and oxygen atoms in total. The average Bonchev–Trinajstić information content (AvgIpc) is 3.35. The van der Waals surface area contributed by atoms with Gasteiger partial charge in [0.05, 0.1) is 54.0 Å². The minimum absolute atomic E-state index is 0.165. The fraction of sp³-hybridized carbons (Fsp3) is 0.360. The van der Waals surface area contributed by atoms with E-state index in [0.717, 1.165) is 79.8 Å². The summed E-state index contributed by atoms with van der Waals surface area (Å²) >= 11 is 0. The maximum atomic E-state index is 13.6. The van der Waals surface area contributed by atoms with E-state index in [4.69, 9.17) is 4.74 Å². The monoisotopic (exact) mass is 901 g/mol. The first-order chi connectivity index (χ1) is 32.6. The molecular weight excluding hydrogens is 851 g/mol. The van der Waals surface area contributed by atoms with Crippen LogP contribution in [-0.2, 0) is 20.9 Å². The van der Waals surface area contributed by atoms with Gasteiger partial charge in [-0.3, -0.25) is 34.2 Å². The smallest absolute Gasteiger partial charge is 0.275 e. The minimum atomic E-state index is -0.814. The molecule has 342 valence electrons. The lowest BCUT2D eigenvalue weighted by Crippen LogP contribution is -2.47. The molecule has 67 heavy (non-hydrogen) atoms. The third-order valence-electron chi connectivity index (χ3n) is 12.9. The Morgan fingerprint density at radius 3 is 2.39 bits per heavy atom. The summed E-state index contributed by atoms with van der Waals surface area (Å²) in [5, 5.41) is 21.9. The number of rotatable bonds is 13. The quantitative estimate of drug-likeness (QED) is 0.159. The van der Waals surface area contributed by atoms with Gasteiger partial charge in [-0.15, -0.1) is 0 Å². The van der Waals surface area contributed by atoms with Crippen molar-refractivity contribution in [3.8, 4) is 34.5 Å². The number of aromatic nitrogens is 6. The molecule has 3 saturated heterocycles. The summed E-state index contributed by atoms with van der Waals surface area (Å²) in [7, 11) is 0. The number of carbonyl (C=O) groups is 3. The molecule has 0 aliphatic carbocycles. The zero-order chi connectivity index (χ0) is 46.4. The minimum Gasteiger partial charge on any atom is -0.490 e. The van der Waals surface area contributed by atoms with Gasteiger partial charge in [-0.05, 0) is 87.0 Å². The maximum Gasteiger partial charge on any atom is 0.275 e. The van der Waals surface area contributed by atoms with Crippen LogP contribution >= 0.6 is 0 Å². The number of carbonyl (C=O) groups excluding carboxylic acids is 3. The molecule has 3 aliphatic rings. The summed E-state index contributed by atoms with van der Waals surface area (Å²) in [5.74, 6) is 0.776. The van der Waals surface area contributed by atoms with Crippen LogP contribution in [0.1, 0.15) is 61.4 Å². The molecule has 3 aromatic carbocycles. The Kier molecular flexibility index (Phi) is 13.2. The lowest BCUT2D eigenvalue weighted by molar-refractivity contribution is -0.136. The van der Waals surface area contributed by atoms with Crippen LogP contribution in [0.15, 0.2) is 101 Å². The van der Waals surface area contributed by atoms with Crippen LogP contribution in [0, 0.1) is 24.2 Å². The van der Waals surface area contributed by atoms with Crippen LogP contribution in [0.25, 0.3) is 33.4 Å². The summed E-state index contributed by atoms with van der Waals surface area (Å²) < 4.78 is 8.73. The third-order valence-corrected chi connectivity index (χ3v) is 12.9. The van der Waals surface area contributed by atoms with Gasteiger partial charge in [0.1, 0.15) is 6.04 Å². The number of benzene rings is 3. The van der Waals surface area contributed by atoms with Gasteiger partial charge in [-0.25, -0.2) is 19.3 Å². The summed E-state index contributed by atoms with van der Waals surface area (Å²) in [4.78, 5) is 79.5. The Morgan fingerprint density at radius 2 is 1.61 bits per heavy atom. The molecule has 1 N–H and O–H groups in total. The number of fused-ring (bicyclic) bond motifs is 1. The molecule has 1 unspecified atom stereocenters. The number of likely N-dealkylation sites (tertiary alicyclic amines) is 1. The zero-order valence-corrected chi connectivity index (χ0v) is 37.3. The van der Waals surface area contributed by atoms with Crippen molar-refractivity contribution in [1.29, 1.82) is 5.26 Å². The zero-order valence-electron chi connectivity index (χ0n) is 37.3. The van der Waals surface area contributed by atoms with Crippen LogP contribution < -0.4 is 26.1 Å². The van der Waals surface area contributed by atoms with E-state index in [1.807, 2.05) is 60.4 Å².